The summed E-state index contributed by atoms with van der Waals surface area (Å²) in [4.78, 5) is 0. The van der Waals surface area contributed by atoms with E-state index >= 15 is 0 Å². The average Bonchev–Trinajstić information content (AvgIpc) is 2.23. The van der Waals surface area contributed by atoms with Gasteiger partial charge in [0, 0.05) is 0 Å². The van der Waals surface area contributed by atoms with Gasteiger partial charge in [-0.1, -0.05) is 38.1 Å². The molecule has 0 spiro atoms. The van der Waals surface area contributed by atoms with E-state index < -0.39 is 6.10 Å². The Morgan fingerprint density at radius 3 is 2.47 bits per heavy atom. The molecule has 0 aliphatic heterocycles. The van der Waals surface area contributed by atoms with Crippen LogP contribution in [-0.4, -0.2) is 11.2 Å². The van der Waals surface area contributed by atoms with Crippen molar-refractivity contribution in [2.75, 3.05) is 0 Å². The van der Waals surface area contributed by atoms with E-state index in [2.05, 4.69) is 26.0 Å². The van der Waals surface area contributed by atoms with Crippen LogP contribution in [0.4, 0.5) is 0 Å². The van der Waals surface area contributed by atoms with E-state index in [-0.39, 0.29) is 6.04 Å². The molecular weight excluding hydrogens is 186 g/mol. The third kappa shape index (κ3) is 1.80. The molecule has 3 atom stereocenters. The van der Waals surface area contributed by atoms with Gasteiger partial charge in [0.2, 0.25) is 0 Å². The number of aliphatic hydroxyl groups excluding tert-OH is 1. The standard InChI is InChI=1S/C13H19NO/c1-8(2)11-7-12(15)13(14)10-6-4-3-5-9(10)11/h3-6,8,11-13,15H,7,14H2,1-2H3. The zero-order chi connectivity index (χ0) is 11.0. The summed E-state index contributed by atoms with van der Waals surface area (Å²) in [6.07, 6.45) is 0.392. The lowest BCUT2D eigenvalue weighted by molar-refractivity contribution is 0.109. The summed E-state index contributed by atoms with van der Waals surface area (Å²) in [6.45, 7) is 4.40. The largest absolute Gasteiger partial charge is 0.391 e. The molecule has 0 amide bonds. The van der Waals surface area contributed by atoms with E-state index in [0.29, 0.717) is 11.8 Å². The van der Waals surface area contributed by atoms with E-state index in [4.69, 9.17) is 5.73 Å². The quantitative estimate of drug-likeness (QED) is 0.738. The van der Waals surface area contributed by atoms with E-state index in [1.165, 1.54) is 5.56 Å². The van der Waals surface area contributed by atoms with Gasteiger partial charge in [-0.15, -0.1) is 0 Å². The number of rotatable bonds is 1. The van der Waals surface area contributed by atoms with Crippen LogP contribution in [0.5, 0.6) is 0 Å². The molecule has 3 unspecified atom stereocenters. The molecule has 3 N–H and O–H groups in total. The monoisotopic (exact) mass is 205 g/mol. The predicted molar refractivity (Wildman–Crippen MR) is 61.6 cm³/mol. The van der Waals surface area contributed by atoms with Crippen LogP contribution in [0.15, 0.2) is 24.3 Å². The summed E-state index contributed by atoms with van der Waals surface area (Å²) < 4.78 is 0. The van der Waals surface area contributed by atoms with Crippen LogP contribution in [0.3, 0.4) is 0 Å². The van der Waals surface area contributed by atoms with E-state index in [1.54, 1.807) is 0 Å². The average molecular weight is 205 g/mol. The first-order valence-corrected chi connectivity index (χ1v) is 5.63. The number of aliphatic hydroxyl groups is 1. The molecule has 82 valence electrons. The maximum Gasteiger partial charge on any atom is 0.0738 e. The minimum Gasteiger partial charge on any atom is -0.391 e. The Morgan fingerprint density at radius 1 is 1.27 bits per heavy atom. The van der Waals surface area contributed by atoms with Crippen molar-refractivity contribution in [3.8, 4) is 0 Å². The van der Waals surface area contributed by atoms with Crippen molar-refractivity contribution >= 4 is 0 Å². The number of benzene rings is 1. The number of fused-ring (bicyclic) bond motifs is 1. The predicted octanol–water partition coefficient (Wildman–Crippen LogP) is 2.19. The SMILES string of the molecule is CC(C)C1CC(O)C(N)c2ccccc21. The maximum absolute atomic E-state index is 9.92. The summed E-state index contributed by atoms with van der Waals surface area (Å²) in [7, 11) is 0. The topological polar surface area (TPSA) is 46.2 Å². The second-order valence-corrected chi connectivity index (χ2v) is 4.81. The summed E-state index contributed by atoms with van der Waals surface area (Å²) in [6, 6.07) is 8.02. The van der Waals surface area contributed by atoms with Crippen molar-refractivity contribution in [3.63, 3.8) is 0 Å². The first-order chi connectivity index (χ1) is 7.11. The van der Waals surface area contributed by atoms with Gasteiger partial charge in [-0.05, 0) is 29.4 Å². The Bertz CT molecular complexity index is 348. The fourth-order valence-corrected chi connectivity index (χ4v) is 2.52. The lowest BCUT2D eigenvalue weighted by atomic mass is 9.74. The van der Waals surface area contributed by atoms with Crippen LogP contribution >= 0.6 is 0 Å². The van der Waals surface area contributed by atoms with Crippen LogP contribution in [0, 0.1) is 5.92 Å². The zero-order valence-corrected chi connectivity index (χ0v) is 9.35. The molecule has 0 aromatic heterocycles. The maximum atomic E-state index is 9.92. The summed E-state index contributed by atoms with van der Waals surface area (Å²) in [5, 5.41) is 9.92. The molecule has 0 radical (unpaired) electrons. The van der Waals surface area contributed by atoms with Gasteiger partial charge in [-0.3, -0.25) is 0 Å². The molecule has 2 heteroatoms. The second kappa shape index (κ2) is 3.95. The van der Waals surface area contributed by atoms with Crippen molar-refractivity contribution in [2.45, 2.75) is 38.3 Å². The first kappa shape index (κ1) is 10.7. The molecular formula is C13H19NO. The minimum absolute atomic E-state index is 0.212. The number of hydrogen-bond acceptors (Lipinski definition) is 2. The molecule has 0 saturated heterocycles. The highest BCUT2D eigenvalue weighted by atomic mass is 16.3. The third-order valence-corrected chi connectivity index (χ3v) is 3.47. The van der Waals surface area contributed by atoms with Gasteiger partial charge < -0.3 is 10.8 Å². The van der Waals surface area contributed by atoms with Gasteiger partial charge in [0.25, 0.3) is 0 Å². The fourth-order valence-electron chi connectivity index (χ4n) is 2.52. The number of hydrogen-bond donors (Lipinski definition) is 2. The van der Waals surface area contributed by atoms with Crippen LogP contribution in [0.2, 0.25) is 0 Å². The summed E-state index contributed by atoms with van der Waals surface area (Å²) >= 11 is 0. The third-order valence-electron chi connectivity index (χ3n) is 3.47. The Balaban J connectivity index is 2.45. The van der Waals surface area contributed by atoms with E-state index in [1.807, 2.05) is 12.1 Å². The molecule has 2 rings (SSSR count). The molecule has 1 aromatic rings. The van der Waals surface area contributed by atoms with Crippen LogP contribution in [-0.2, 0) is 0 Å². The molecule has 1 aliphatic rings. The second-order valence-electron chi connectivity index (χ2n) is 4.81. The van der Waals surface area contributed by atoms with Crippen molar-refractivity contribution in [1.29, 1.82) is 0 Å². The highest BCUT2D eigenvalue weighted by molar-refractivity contribution is 5.36. The smallest absolute Gasteiger partial charge is 0.0738 e. The van der Waals surface area contributed by atoms with Crippen LogP contribution < -0.4 is 5.73 Å². The molecule has 1 aromatic carbocycles. The van der Waals surface area contributed by atoms with E-state index in [0.717, 1.165) is 12.0 Å². The van der Waals surface area contributed by atoms with Gasteiger partial charge in [-0.25, -0.2) is 0 Å². The molecule has 0 fully saturated rings. The Kier molecular flexibility index (Phi) is 2.81. The van der Waals surface area contributed by atoms with Gasteiger partial charge >= 0.3 is 0 Å². The summed E-state index contributed by atoms with van der Waals surface area (Å²) in [5.41, 5.74) is 8.45. The Hall–Kier alpha value is -0.860. The zero-order valence-electron chi connectivity index (χ0n) is 9.35. The fraction of sp³-hybridized carbons (Fsp3) is 0.538. The summed E-state index contributed by atoms with van der Waals surface area (Å²) in [5.74, 6) is 0.990. The molecule has 0 bridgehead atoms. The van der Waals surface area contributed by atoms with Crippen molar-refractivity contribution in [3.05, 3.63) is 35.4 Å². The lowest BCUT2D eigenvalue weighted by Crippen LogP contribution is -2.34. The normalized spacial score (nSPS) is 30.3. The molecule has 2 nitrogen and oxygen atoms in total. The molecule has 15 heavy (non-hydrogen) atoms. The van der Waals surface area contributed by atoms with Gasteiger partial charge in [0.05, 0.1) is 12.1 Å². The number of nitrogens with two attached hydrogens (primary N) is 1. The van der Waals surface area contributed by atoms with Crippen LogP contribution in [0.25, 0.3) is 0 Å². The minimum atomic E-state index is -0.396. The first-order valence-electron chi connectivity index (χ1n) is 5.63. The molecule has 1 aliphatic carbocycles. The highest BCUT2D eigenvalue weighted by Crippen LogP contribution is 2.40. The molecule has 0 saturated carbocycles. The van der Waals surface area contributed by atoms with Gasteiger partial charge in [0.1, 0.15) is 0 Å². The van der Waals surface area contributed by atoms with Crippen molar-refractivity contribution in [2.24, 2.45) is 11.7 Å². The van der Waals surface area contributed by atoms with Gasteiger partial charge in [-0.2, -0.15) is 0 Å². The van der Waals surface area contributed by atoms with Gasteiger partial charge in [0.15, 0.2) is 0 Å². The van der Waals surface area contributed by atoms with Crippen molar-refractivity contribution < 1.29 is 5.11 Å². The molecule has 0 heterocycles. The Morgan fingerprint density at radius 2 is 1.87 bits per heavy atom. The van der Waals surface area contributed by atoms with Crippen LogP contribution in [0.1, 0.15) is 43.4 Å². The Labute approximate surface area is 91.1 Å². The van der Waals surface area contributed by atoms with E-state index in [9.17, 15) is 5.11 Å². The lowest BCUT2D eigenvalue weighted by Gasteiger charge is -2.35. The highest BCUT2D eigenvalue weighted by Gasteiger charge is 2.32. The van der Waals surface area contributed by atoms with Crippen molar-refractivity contribution in [1.82, 2.24) is 0 Å².